The number of para-hydroxylation sites is 1. The van der Waals surface area contributed by atoms with Crippen molar-refractivity contribution in [3.8, 4) is 5.75 Å². The van der Waals surface area contributed by atoms with Crippen molar-refractivity contribution < 1.29 is 9.53 Å². The van der Waals surface area contributed by atoms with Crippen molar-refractivity contribution in [1.82, 2.24) is 5.32 Å². The largest absolute Gasteiger partial charge is 0.493 e. The lowest BCUT2D eigenvalue weighted by atomic mass is 9.97. The quantitative estimate of drug-likeness (QED) is 0.868. The number of hydrogen-bond donors (Lipinski definition) is 1. The molecule has 1 aromatic carbocycles. The third-order valence-electron chi connectivity index (χ3n) is 3.27. The summed E-state index contributed by atoms with van der Waals surface area (Å²) < 4.78 is 5.57. The predicted octanol–water partition coefficient (Wildman–Crippen LogP) is 2.72. The highest BCUT2D eigenvalue weighted by atomic mass is 16.5. The summed E-state index contributed by atoms with van der Waals surface area (Å²) in [6, 6.07) is 7.97. The minimum atomic E-state index is 0.126. The van der Waals surface area contributed by atoms with E-state index in [0.29, 0.717) is 18.9 Å². The molecule has 1 aliphatic heterocycles. The first-order chi connectivity index (χ1) is 8.66. The van der Waals surface area contributed by atoms with E-state index in [1.165, 1.54) is 0 Å². The van der Waals surface area contributed by atoms with Crippen molar-refractivity contribution >= 4 is 5.91 Å². The zero-order valence-corrected chi connectivity index (χ0v) is 11.1. The summed E-state index contributed by atoms with van der Waals surface area (Å²) in [5.74, 6) is 1.89. The van der Waals surface area contributed by atoms with E-state index in [9.17, 15) is 4.79 Å². The van der Waals surface area contributed by atoms with Gasteiger partial charge < -0.3 is 10.1 Å². The van der Waals surface area contributed by atoms with Gasteiger partial charge in [-0.25, -0.2) is 0 Å². The lowest BCUT2D eigenvalue weighted by Crippen LogP contribution is -2.27. The number of hydrogen-bond acceptors (Lipinski definition) is 2. The topological polar surface area (TPSA) is 38.3 Å². The third kappa shape index (κ3) is 3.25. The first-order valence-corrected chi connectivity index (χ1v) is 6.65. The fourth-order valence-electron chi connectivity index (χ4n) is 2.19. The van der Waals surface area contributed by atoms with E-state index < -0.39 is 0 Å². The minimum Gasteiger partial charge on any atom is -0.493 e. The summed E-state index contributed by atoms with van der Waals surface area (Å²) >= 11 is 0. The van der Waals surface area contributed by atoms with Gasteiger partial charge in [0.25, 0.3) is 0 Å². The molecule has 0 bridgehead atoms. The number of rotatable bonds is 5. The Kier molecular flexibility index (Phi) is 4.24. The smallest absolute Gasteiger partial charge is 0.220 e. The van der Waals surface area contributed by atoms with Crippen molar-refractivity contribution in [1.29, 1.82) is 0 Å². The number of benzene rings is 1. The molecular weight excluding hydrogens is 226 g/mol. The second kappa shape index (κ2) is 5.89. The van der Waals surface area contributed by atoms with E-state index in [0.717, 1.165) is 24.3 Å². The minimum absolute atomic E-state index is 0.126. The number of amides is 1. The Hall–Kier alpha value is -1.51. The van der Waals surface area contributed by atoms with Gasteiger partial charge in [0.05, 0.1) is 6.61 Å². The maximum Gasteiger partial charge on any atom is 0.220 e. The highest BCUT2D eigenvalue weighted by Crippen LogP contribution is 2.35. The van der Waals surface area contributed by atoms with Gasteiger partial charge in [0.15, 0.2) is 0 Å². The van der Waals surface area contributed by atoms with Crippen molar-refractivity contribution in [2.45, 2.75) is 32.6 Å². The zero-order chi connectivity index (χ0) is 13.0. The summed E-state index contributed by atoms with van der Waals surface area (Å²) in [6.07, 6.45) is 1.55. The van der Waals surface area contributed by atoms with Crippen LogP contribution in [0.3, 0.4) is 0 Å². The maximum atomic E-state index is 11.8. The molecule has 18 heavy (non-hydrogen) atoms. The summed E-state index contributed by atoms with van der Waals surface area (Å²) in [5.41, 5.74) is 1.16. The molecule has 1 aliphatic rings. The average molecular weight is 247 g/mol. The summed E-state index contributed by atoms with van der Waals surface area (Å²) in [7, 11) is 0. The van der Waals surface area contributed by atoms with Crippen LogP contribution in [0.5, 0.6) is 5.75 Å². The molecule has 0 spiro atoms. The molecule has 0 aliphatic carbocycles. The second-order valence-electron chi connectivity index (χ2n) is 5.28. The lowest BCUT2D eigenvalue weighted by Gasteiger charge is -2.10. The molecule has 0 fully saturated rings. The molecule has 0 radical (unpaired) electrons. The van der Waals surface area contributed by atoms with Gasteiger partial charge in [-0.05, 0) is 18.4 Å². The molecule has 1 atom stereocenters. The fraction of sp³-hybridized carbons (Fsp3) is 0.533. The van der Waals surface area contributed by atoms with Crippen LogP contribution < -0.4 is 10.1 Å². The summed E-state index contributed by atoms with van der Waals surface area (Å²) in [6.45, 7) is 5.71. The van der Waals surface area contributed by atoms with Crippen LogP contribution in [0, 0.1) is 5.92 Å². The summed E-state index contributed by atoms with van der Waals surface area (Å²) in [4.78, 5) is 11.8. The Morgan fingerprint density at radius 3 is 3.00 bits per heavy atom. The third-order valence-corrected chi connectivity index (χ3v) is 3.27. The van der Waals surface area contributed by atoms with Crippen molar-refractivity contribution in [2.75, 3.05) is 13.2 Å². The van der Waals surface area contributed by atoms with Gasteiger partial charge in [0, 0.05) is 24.4 Å². The Labute approximate surface area is 109 Å². The molecule has 1 heterocycles. The normalized spacial score (nSPS) is 17.4. The number of nitrogens with one attached hydrogen (secondary N) is 1. The van der Waals surface area contributed by atoms with Gasteiger partial charge in [-0.15, -0.1) is 0 Å². The second-order valence-corrected chi connectivity index (χ2v) is 5.28. The van der Waals surface area contributed by atoms with E-state index in [-0.39, 0.29) is 11.8 Å². The zero-order valence-electron chi connectivity index (χ0n) is 11.1. The number of fused-ring (bicyclic) bond motifs is 1. The molecule has 1 unspecified atom stereocenters. The number of carbonyl (C=O) groups is 1. The molecular formula is C15H21NO2. The molecule has 0 saturated carbocycles. The van der Waals surface area contributed by atoms with Gasteiger partial charge in [-0.1, -0.05) is 32.0 Å². The van der Waals surface area contributed by atoms with Crippen molar-refractivity contribution in [3.63, 3.8) is 0 Å². The number of carbonyl (C=O) groups excluding carboxylic acids is 1. The number of ether oxygens (including phenoxy) is 1. The van der Waals surface area contributed by atoms with Crippen molar-refractivity contribution in [3.05, 3.63) is 29.8 Å². The van der Waals surface area contributed by atoms with Crippen LogP contribution in [-0.4, -0.2) is 19.1 Å². The SMILES string of the molecule is CC(C)CCNC(=O)CC1COc2ccccc21. The molecule has 0 saturated heterocycles. The van der Waals surface area contributed by atoms with Crippen LogP contribution in [-0.2, 0) is 4.79 Å². The molecule has 3 heteroatoms. The molecule has 2 rings (SSSR count). The lowest BCUT2D eigenvalue weighted by molar-refractivity contribution is -0.121. The van der Waals surface area contributed by atoms with E-state index in [1.807, 2.05) is 24.3 Å². The standard InChI is InChI=1S/C15H21NO2/c1-11(2)7-8-16-15(17)9-12-10-18-14-6-4-3-5-13(12)14/h3-6,11-12H,7-10H2,1-2H3,(H,16,17). The Morgan fingerprint density at radius 1 is 1.44 bits per heavy atom. The van der Waals surface area contributed by atoms with Crippen LogP contribution in [0.4, 0.5) is 0 Å². The first-order valence-electron chi connectivity index (χ1n) is 6.65. The molecule has 98 valence electrons. The van der Waals surface area contributed by atoms with Crippen LogP contribution in [0.25, 0.3) is 0 Å². The van der Waals surface area contributed by atoms with Gasteiger partial charge in [0.2, 0.25) is 5.91 Å². The molecule has 0 aromatic heterocycles. The average Bonchev–Trinajstić information content (AvgIpc) is 2.72. The fourth-order valence-corrected chi connectivity index (χ4v) is 2.19. The molecule has 1 aromatic rings. The molecule has 1 amide bonds. The molecule has 3 nitrogen and oxygen atoms in total. The van der Waals surface area contributed by atoms with Crippen LogP contribution in [0.2, 0.25) is 0 Å². The van der Waals surface area contributed by atoms with Gasteiger partial charge in [-0.3, -0.25) is 4.79 Å². The highest BCUT2D eigenvalue weighted by Gasteiger charge is 2.25. The Morgan fingerprint density at radius 2 is 2.22 bits per heavy atom. The van der Waals surface area contributed by atoms with Crippen molar-refractivity contribution in [2.24, 2.45) is 5.92 Å². The van der Waals surface area contributed by atoms with Crippen LogP contribution in [0.15, 0.2) is 24.3 Å². The first kappa shape index (κ1) is 12.9. The van der Waals surface area contributed by atoms with E-state index in [4.69, 9.17) is 4.74 Å². The van der Waals surface area contributed by atoms with Gasteiger partial charge in [0.1, 0.15) is 5.75 Å². The van der Waals surface area contributed by atoms with Crippen LogP contribution >= 0.6 is 0 Å². The predicted molar refractivity (Wildman–Crippen MR) is 71.8 cm³/mol. The van der Waals surface area contributed by atoms with Gasteiger partial charge >= 0.3 is 0 Å². The Balaban J connectivity index is 1.82. The highest BCUT2D eigenvalue weighted by molar-refractivity contribution is 5.77. The van der Waals surface area contributed by atoms with Gasteiger partial charge in [-0.2, -0.15) is 0 Å². The monoisotopic (exact) mass is 247 g/mol. The Bertz CT molecular complexity index is 415. The maximum absolute atomic E-state index is 11.8. The summed E-state index contributed by atoms with van der Waals surface area (Å²) in [5, 5.41) is 2.98. The van der Waals surface area contributed by atoms with E-state index >= 15 is 0 Å². The van der Waals surface area contributed by atoms with E-state index in [1.54, 1.807) is 0 Å². The molecule has 1 N–H and O–H groups in total. The van der Waals surface area contributed by atoms with E-state index in [2.05, 4.69) is 19.2 Å². The van der Waals surface area contributed by atoms with Crippen LogP contribution in [0.1, 0.15) is 38.2 Å².